The van der Waals surface area contributed by atoms with Crippen molar-refractivity contribution >= 4 is 10.0 Å². The molecular formula is C21H27NO4S. The van der Waals surface area contributed by atoms with Crippen molar-refractivity contribution in [1.82, 2.24) is 4.31 Å². The number of nitrogens with zero attached hydrogens (tertiary/aromatic N) is 1. The molecule has 1 heterocycles. The molecule has 1 aliphatic heterocycles. The van der Waals surface area contributed by atoms with Crippen LogP contribution in [0.15, 0.2) is 47.4 Å². The predicted octanol–water partition coefficient (Wildman–Crippen LogP) is 3.85. The number of sulfonamides is 1. The second-order valence-electron chi connectivity index (χ2n) is 7.69. The van der Waals surface area contributed by atoms with Gasteiger partial charge in [-0.25, -0.2) is 8.42 Å². The quantitative estimate of drug-likeness (QED) is 0.797. The van der Waals surface area contributed by atoms with E-state index in [1.807, 2.05) is 45.0 Å². The Morgan fingerprint density at radius 3 is 2.37 bits per heavy atom. The van der Waals surface area contributed by atoms with Crippen LogP contribution in [0.5, 0.6) is 5.75 Å². The van der Waals surface area contributed by atoms with Crippen molar-refractivity contribution in [2.75, 3.05) is 20.3 Å². The zero-order valence-corrected chi connectivity index (χ0v) is 17.3. The first-order chi connectivity index (χ1) is 12.6. The predicted molar refractivity (Wildman–Crippen MR) is 106 cm³/mol. The first kappa shape index (κ1) is 19.9. The fraction of sp³-hybridized carbons (Fsp3) is 0.429. The fourth-order valence-corrected chi connectivity index (χ4v) is 5.37. The van der Waals surface area contributed by atoms with E-state index in [1.165, 1.54) is 0 Å². The number of hydrogen-bond acceptors (Lipinski definition) is 4. The monoisotopic (exact) mass is 389 g/mol. The van der Waals surface area contributed by atoms with E-state index in [4.69, 9.17) is 9.47 Å². The molecule has 1 atom stereocenters. The second-order valence-corrected chi connectivity index (χ2v) is 9.52. The van der Waals surface area contributed by atoms with E-state index in [0.29, 0.717) is 22.8 Å². The molecule has 2 aromatic rings. The van der Waals surface area contributed by atoms with Gasteiger partial charge in [0.2, 0.25) is 10.0 Å². The van der Waals surface area contributed by atoms with Crippen LogP contribution in [-0.2, 0) is 14.8 Å². The lowest BCUT2D eigenvalue weighted by atomic mass is 10.0. The highest BCUT2D eigenvalue weighted by Gasteiger charge is 2.43. The van der Waals surface area contributed by atoms with Crippen LogP contribution in [0, 0.1) is 13.8 Å². The normalized spacial score (nSPS) is 20.4. The maximum atomic E-state index is 13.5. The molecule has 5 nitrogen and oxygen atoms in total. The summed E-state index contributed by atoms with van der Waals surface area (Å²) in [6.07, 6.45) is -0.285. The molecule has 27 heavy (non-hydrogen) atoms. The maximum Gasteiger partial charge on any atom is 0.244 e. The third kappa shape index (κ3) is 3.88. The molecule has 0 aliphatic carbocycles. The van der Waals surface area contributed by atoms with Gasteiger partial charge in [-0.1, -0.05) is 29.8 Å². The summed E-state index contributed by atoms with van der Waals surface area (Å²) in [6.45, 7) is 8.23. The van der Waals surface area contributed by atoms with E-state index in [2.05, 4.69) is 0 Å². The molecule has 1 aliphatic rings. The van der Waals surface area contributed by atoms with Crippen molar-refractivity contribution in [2.45, 2.75) is 44.2 Å². The molecule has 0 saturated carbocycles. The third-order valence-corrected chi connectivity index (χ3v) is 7.28. The average molecular weight is 390 g/mol. The molecule has 2 aromatic carbocycles. The standard InChI is InChI=1S/C21H27NO4S/c1-15-6-8-17(9-7-15)19-13-22(21(3,4)14-26-19)27(23,24)20-11-10-18(25-5)12-16(20)2/h6-12,19H,13-14H2,1-5H3. The zero-order chi connectivity index (χ0) is 19.8. The Labute approximate surface area is 162 Å². The van der Waals surface area contributed by atoms with Gasteiger partial charge in [-0.15, -0.1) is 0 Å². The topological polar surface area (TPSA) is 55.8 Å². The minimum absolute atomic E-state index is 0.282. The SMILES string of the molecule is COc1ccc(S(=O)(=O)N2CC(c3ccc(C)cc3)OCC2(C)C)c(C)c1. The van der Waals surface area contributed by atoms with Gasteiger partial charge in [0, 0.05) is 6.54 Å². The number of methoxy groups -OCH3 is 1. The van der Waals surface area contributed by atoms with Gasteiger partial charge in [-0.05, 0) is 57.0 Å². The van der Waals surface area contributed by atoms with Crippen LogP contribution >= 0.6 is 0 Å². The molecule has 1 fully saturated rings. The molecule has 1 saturated heterocycles. The summed E-state index contributed by atoms with van der Waals surface area (Å²) in [6, 6.07) is 13.1. The van der Waals surface area contributed by atoms with E-state index in [1.54, 1.807) is 36.5 Å². The zero-order valence-electron chi connectivity index (χ0n) is 16.5. The van der Waals surface area contributed by atoms with Gasteiger partial charge >= 0.3 is 0 Å². The summed E-state index contributed by atoms with van der Waals surface area (Å²) >= 11 is 0. The molecule has 0 spiro atoms. The van der Waals surface area contributed by atoms with Gasteiger partial charge in [0.05, 0.1) is 30.3 Å². The van der Waals surface area contributed by atoms with Crippen LogP contribution in [-0.4, -0.2) is 38.5 Å². The summed E-state index contributed by atoms with van der Waals surface area (Å²) in [5.74, 6) is 0.644. The van der Waals surface area contributed by atoms with Crippen LogP contribution < -0.4 is 4.74 Å². The summed E-state index contributed by atoms with van der Waals surface area (Å²) in [4.78, 5) is 0.306. The van der Waals surface area contributed by atoms with E-state index in [9.17, 15) is 8.42 Å². The Morgan fingerprint density at radius 2 is 1.78 bits per heavy atom. The number of morpholine rings is 1. The van der Waals surface area contributed by atoms with Crippen molar-refractivity contribution in [3.63, 3.8) is 0 Å². The number of hydrogen-bond donors (Lipinski definition) is 0. The molecule has 0 N–H and O–H groups in total. The van der Waals surface area contributed by atoms with Gasteiger partial charge in [-0.3, -0.25) is 0 Å². The Hall–Kier alpha value is -1.89. The first-order valence-corrected chi connectivity index (χ1v) is 10.4. The Bertz CT molecular complexity index is 920. The summed E-state index contributed by atoms with van der Waals surface area (Å²) < 4.78 is 39.8. The molecule has 0 radical (unpaired) electrons. The number of ether oxygens (including phenoxy) is 2. The lowest BCUT2D eigenvalue weighted by Gasteiger charge is -2.44. The van der Waals surface area contributed by atoms with E-state index in [-0.39, 0.29) is 12.6 Å². The van der Waals surface area contributed by atoms with Crippen molar-refractivity contribution in [3.8, 4) is 5.75 Å². The summed E-state index contributed by atoms with van der Waals surface area (Å²) in [5, 5.41) is 0. The van der Waals surface area contributed by atoms with Crippen molar-refractivity contribution in [3.05, 3.63) is 59.2 Å². The number of benzene rings is 2. The molecule has 0 aromatic heterocycles. The minimum Gasteiger partial charge on any atom is -0.497 e. The van der Waals surface area contributed by atoms with Gasteiger partial charge in [-0.2, -0.15) is 4.31 Å². The third-order valence-electron chi connectivity index (χ3n) is 5.04. The Kier molecular flexibility index (Phi) is 5.34. The molecular weight excluding hydrogens is 362 g/mol. The van der Waals surface area contributed by atoms with Gasteiger partial charge < -0.3 is 9.47 Å². The van der Waals surface area contributed by atoms with E-state index < -0.39 is 15.6 Å². The smallest absolute Gasteiger partial charge is 0.244 e. The average Bonchev–Trinajstić information content (AvgIpc) is 2.61. The highest BCUT2D eigenvalue weighted by Crippen LogP contribution is 2.36. The fourth-order valence-electron chi connectivity index (χ4n) is 3.39. The van der Waals surface area contributed by atoms with Crippen LogP contribution in [0.2, 0.25) is 0 Å². The highest BCUT2D eigenvalue weighted by molar-refractivity contribution is 7.89. The number of rotatable bonds is 4. The van der Waals surface area contributed by atoms with Gasteiger partial charge in [0.25, 0.3) is 0 Å². The van der Waals surface area contributed by atoms with Crippen LogP contribution in [0.3, 0.4) is 0 Å². The van der Waals surface area contributed by atoms with Crippen molar-refractivity contribution < 1.29 is 17.9 Å². The largest absolute Gasteiger partial charge is 0.497 e. The van der Waals surface area contributed by atoms with Gasteiger partial charge in [0.15, 0.2) is 0 Å². The Morgan fingerprint density at radius 1 is 1.11 bits per heavy atom. The lowest BCUT2D eigenvalue weighted by Crippen LogP contribution is -2.56. The summed E-state index contributed by atoms with van der Waals surface area (Å²) in [7, 11) is -2.11. The minimum atomic E-state index is -3.68. The van der Waals surface area contributed by atoms with Crippen LogP contribution in [0.1, 0.15) is 36.6 Å². The second kappa shape index (κ2) is 7.26. The maximum absolute atomic E-state index is 13.5. The number of aryl methyl sites for hydroxylation is 2. The first-order valence-electron chi connectivity index (χ1n) is 9.01. The van der Waals surface area contributed by atoms with Crippen molar-refractivity contribution in [2.24, 2.45) is 0 Å². The van der Waals surface area contributed by atoms with Crippen molar-refractivity contribution in [1.29, 1.82) is 0 Å². The molecule has 3 rings (SSSR count). The van der Waals surface area contributed by atoms with Crippen LogP contribution in [0.25, 0.3) is 0 Å². The molecule has 6 heteroatoms. The lowest BCUT2D eigenvalue weighted by molar-refractivity contribution is -0.0655. The molecule has 1 unspecified atom stereocenters. The molecule has 146 valence electrons. The highest BCUT2D eigenvalue weighted by atomic mass is 32.2. The Balaban J connectivity index is 1.97. The van der Waals surface area contributed by atoms with Crippen LogP contribution in [0.4, 0.5) is 0 Å². The molecule has 0 amide bonds. The summed E-state index contributed by atoms with van der Waals surface area (Å²) in [5.41, 5.74) is 2.19. The van der Waals surface area contributed by atoms with E-state index in [0.717, 1.165) is 11.1 Å². The van der Waals surface area contributed by atoms with Gasteiger partial charge in [0.1, 0.15) is 5.75 Å². The van der Waals surface area contributed by atoms with E-state index >= 15 is 0 Å². The molecule has 0 bridgehead atoms.